The van der Waals surface area contributed by atoms with Crippen LogP contribution in [0.5, 0.6) is 0 Å². The zero-order chi connectivity index (χ0) is 13.7. The van der Waals surface area contributed by atoms with E-state index in [0.717, 1.165) is 0 Å². The van der Waals surface area contributed by atoms with E-state index in [1.165, 1.54) is 12.1 Å². The Morgan fingerprint density at radius 2 is 2.00 bits per heavy atom. The highest BCUT2D eigenvalue weighted by molar-refractivity contribution is 5.98. The van der Waals surface area contributed by atoms with E-state index in [1.807, 2.05) is 0 Å². The van der Waals surface area contributed by atoms with Crippen LogP contribution in [-0.4, -0.2) is 28.9 Å². The normalized spacial score (nSPS) is 11.6. The summed E-state index contributed by atoms with van der Waals surface area (Å²) in [7, 11) is 0. The Hall–Kier alpha value is -2.57. The third kappa shape index (κ3) is 3.78. The van der Waals surface area contributed by atoms with Crippen LogP contribution in [0.15, 0.2) is 24.3 Å². The second-order valence-corrected chi connectivity index (χ2v) is 3.66. The largest absolute Gasteiger partial charge is 0.480 e. The van der Waals surface area contributed by atoms with Crippen LogP contribution in [0.2, 0.25) is 0 Å². The van der Waals surface area contributed by atoms with Crippen LogP contribution in [0.4, 0.5) is 5.69 Å². The highest BCUT2D eigenvalue weighted by Gasteiger charge is 2.22. The predicted molar refractivity (Wildman–Crippen MR) is 63.6 cm³/mol. The van der Waals surface area contributed by atoms with Crippen molar-refractivity contribution in [2.75, 3.05) is 5.73 Å². The molecule has 7 heteroatoms. The molecule has 0 spiro atoms. The first-order chi connectivity index (χ1) is 8.40. The molecule has 1 aromatic rings. The van der Waals surface area contributed by atoms with E-state index < -0.39 is 30.2 Å². The van der Waals surface area contributed by atoms with Crippen molar-refractivity contribution in [2.45, 2.75) is 12.5 Å². The molecule has 0 radical (unpaired) electrons. The monoisotopic (exact) mass is 251 g/mol. The smallest absolute Gasteiger partial charge is 0.326 e. The molecule has 0 unspecified atom stereocenters. The topological polar surface area (TPSA) is 136 Å². The average molecular weight is 251 g/mol. The molecule has 0 fully saturated rings. The number of amides is 2. The third-order valence-corrected chi connectivity index (χ3v) is 2.16. The summed E-state index contributed by atoms with van der Waals surface area (Å²) in [5.41, 5.74) is 11.0. The SMILES string of the molecule is NC(=O)C[C@@H](NC(=O)c1cccc(N)c1)C(=O)O. The summed E-state index contributed by atoms with van der Waals surface area (Å²) in [6.07, 6.45) is -0.469. The van der Waals surface area contributed by atoms with E-state index >= 15 is 0 Å². The van der Waals surface area contributed by atoms with Gasteiger partial charge < -0.3 is 21.9 Å². The summed E-state index contributed by atoms with van der Waals surface area (Å²) in [5, 5.41) is 11.0. The predicted octanol–water partition coefficient (Wildman–Crippen LogP) is -0.673. The molecular formula is C11H13N3O4. The van der Waals surface area contributed by atoms with Crippen molar-refractivity contribution in [3.8, 4) is 0 Å². The molecule has 96 valence electrons. The van der Waals surface area contributed by atoms with Gasteiger partial charge in [0.1, 0.15) is 6.04 Å². The lowest BCUT2D eigenvalue weighted by atomic mass is 10.1. The van der Waals surface area contributed by atoms with Gasteiger partial charge in [-0.1, -0.05) is 6.07 Å². The Kier molecular flexibility index (Phi) is 4.25. The van der Waals surface area contributed by atoms with E-state index in [9.17, 15) is 14.4 Å². The van der Waals surface area contributed by atoms with Gasteiger partial charge in [-0.2, -0.15) is 0 Å². The van der Waals surface area contributed by atoms with Crippen LogP contribution < -0.4 is 16.8 Å². The van der Waals surface area contributed by atoms with E-state index in [1.54, 1.807) is 12.1 Å². The quantitative estimate of drug-likeness (QED) is 0.514. The summed E-state index contributed by atoms with van der Waals surface area (Å²) in [5.74, 6) is -2.77. The van der Waals surface area contributed by atoms with Gasteiger partial charge in [0, 0.05) is 11.3 Å². The van der Waals surface area contributed by atoms with E-state index in [0.29, 0.717) is 5.69 Å². The van der Waals surface area contributed by atoms with Crippen LogP contribution in [0.3, 0.4) is 0 Å². The first kappa shape index (κ1) is 13.5. The molecule has 7 nitrogen and oxygen atoms in total. The lowest BCUT2D eigenvalue weighted by Crippen LogP contribution is -2.43. The molecule has 0 aliphatic rings. The minimum Gasteiger partial charge on any atom is -0.480 e. The highest BCUT2D eigenvalue weighted by atomic mass is 16.4. The fourth-order valence-electron chi connectivity index (χ4n) is 1.32. The van der Waals surface area contributed by atoms with Crippen LogP contribution in [-0.2, 0) is 9.59 Å². The molecule has 0 bridgehead atoms. The van der Waals surface area contributed by atoms with Crippen molar-refractivity contribution in [1.29, 1.82) is 0 Å². The van der Waals surface area contributed by atoms with Crippen molar-refractivity contribution in [2.24, 2.45) is 5.73 Å². The summed E-state index contributed by atoms with van der Waals surface area (Å²) in [4.78, 5) is 33.2. The summed E-state index contributed by atoms with van der Waals surface area (Å²) in [6, 6.07) is 4.69. The van der Waals surface area contributed by atoms with Gasteiger partial charge in [0.25, 0.3) is 5.91 Å². The number of aliphatic carboxylic acids is 1. The number of nitrogens with one attached hydrogen (secondary N) is 1. The molecule has 0 aliphatic carbocycles. The first-order valence-electron chi connectivity index (χ1n) is 5.07. The fourth-order valence-corrected chi connectivity index (χ4v) is 1.32. The molecule has 0 saturated heterocycles. The van der Waals surface area contributed by atoms with Crippen molar-refractivity contribution in [1.82, 2.24) is 5.32 Å². The number of hydrogen-bond donors (Lipinski definition) is 4. The standard InChI is InChI=1S/C11H13N3O4/c12-7-3-1-2-6(4-7)10(16)14-8(11(17)18)5-9(13)15/h1-4,8H,5,12H2,(H2,13,15)(H,14,16)(H,17,18)/t8-/m1/s1. The number of hydrogen-bond acceptors (Lipinski definition) is 4. The fraction of sp³-hybridized carbons (Fsp3) is 0.182. The number of benzene rings is 1. The molecule has 0 saturated carbocycles. The van der Waals surface area contributed by atoms with Gasteiger partial charge in [0.2, 0.25) is 5.91 Å². The van der Waals surface area contributed by atoms with Gasteiger partial charge >= 0.3 is 5.97 Å². The van der Waals surface area contributed by atoms with Gasteiger partial charge in [-0.15, -0.1) is 0 Å². The zero-order valence-corrected chi connectivity index (χ0v) is 9.42. The minimum absolute atomic E-state index is 0.214. The van der Waals surface area contributed by atoms with Crippen LogP contribution in [0.1, 0.15) is 16.8 Å². The second kappa shape index (κ2) is 5.67. The Bertz CT molecular complexity index is 487. The number of carbonyl (C=O) groups excluding carboxylic acids is 2. The number of anilines is 1. The number of nitrogen functional groups attached to an aromatic ring is 1. The minimum atomic E-state index is -1.35. The highest BCUT2D eigenvalue weighted by Crippen LogP contribution is 2.07. The Morgan fingerprint density at radius 1 is 1.33 bits per heavy atom. The summed E-state index contributed by atoms with van der Waals surface area (Å²) in [6.45, 7) is 0. The summed E-state index contributed by atoms with van der Waals surface area (Å²) < 4.78 is 0. The first-order valence-corrected chi connectivity index (χ1v) is 5.07. The Morgan fingerprint density at radius 3 is 2.50 bits per heavy atom. The van der Waals surface area contributed by atoms with Crippen LogP contribution >= 0.6 is 0 Å². The third-order valence-electron chi connectivity index (χ3n) is 2.16. The molecule has 1 aromatic carbocycles. The van der Waals surface area contributed by atoms with Crippen molar-refractivity contribution in [3.63, 3.8) is 0 Å². The van der Waals surface area contributed by atoms with Crippen molar-refractivity contribution < 1.29 is 19.5 Å². The summed E-state index contributed by atoms with van der Waals surface area (Å²) >= 11 is 0. The van der Waals surface area contributed by atoms with Gasteiger partial charge in [-0.25, -0.2) is 4.79 Å². The van der Waals surface area contributed by atoms with Gasteiger partial charge in [-0.3, -0.25) is 9.59 Å². The number of carboxylic acid groups (broad SMARTS) is 1. The maximum Gasteiger partial charge on any atom is 0.326 e. The number of rotatable bonds is 5. The maximum atomic E-state index is 11.7. The molecule has 1 atom stereocenters. The van der Waals surface area contributed by atoms with E-state index in [4.69, 9.17) is 16.6 Å². The van der Waals surface area contributed by atoms with E-state index in [-0.39, 0.29) is 5.56 Å². The number of carbonyl (C=O) groups is 3. The number of primary amides is 1. The molecule has 2 amide bonds. The van der Waals surface area contributed by atoms with Gasteiger partial charge in [-0.05, 0) is 18.2 Å². The lowest BCUT2D eigenvalue weighted by molar-refractivity contribution is -0.140. The van der Waals surface area contributed by atoms with Crippen LogP contribution in [0.25, 0.3) is 0 Å². The maximum absolute atomic E-state index is 11.7. The molecule has 0 aliphatic heterocycles. The molecule has 0 heterocycles. The number of nitrogens with two attached hydrogens (primary N) is 2. The zero-order valence-electron chi connectivity index (χ0n) is 9.42. The Balaban J connectivity index is 2.78. The molecule has 0 aromatic heterocycles. The second-order valence-electron chi connectivity index (χ2n) is 3.66. The Labute approximate surface area is 103 Å². The van der Waals surface area contributed by atoms with Crippen LogP contribution in [0, 0.1) is 0 Å². The average Bonchev–Trinajstić information content (AvgIpc) is 2.27. The lowest BCUT2D eigenvalue weighted by Gasteiger charge is -2.12. The number of carboxylic acids is 1. The van der Waals surface area contributed by atoms with Crippen molar-refractivity contribution in [3.05, 3.63) is 29.8 Å². The van der Waals surface area contributed by atoms with Crippen molar-refractivity contribution >= 4 is 23.5 Å². The molecule has 6 N–H and O–H groups in total. The molecule has 18 heavy (non-hydrogen) atoms. The molecule has 1 rings (SSSR count). The van der Waals surface area contributed by atoms with Gasteiger partial charge in [0.05, 0.1) is 6.42 Å². The van der Waals surface area contributed by atoms with Gasteiger partial charge in [0.15, 0.2) is 0 Å². The molecular weight excluding hydrogens is 238 g/mol. The van der Waals surface area contributed by atoms with E-state index in [2.05, 4.69) is 5.32 Å².